The number of carbonyl (C=O) groups is 1. The fourth-order valence-corrected chi connectivity index (χ4v) is 3.69. The van der Waals surface area contributed by atoms with Gasteiger partial charge in [0.15, 0.2) is 0 Å². The second kappa shape index (κ2) is 6.34. The monoisotopic (exact) mass is 266 g/mol. The first-order valence-electron chi connectivity index (χ1n) is 6.83. The fourth-order valence-electron chi connectivity index (χ4n) is 2.46. The summed E-state index contributed by atoms with van der Waals surface area (Å²) in [5.74, 6) is 0.198. The molecule has 0 spiro atoms. The number of fused-ring (bicyclic) bond motifs is 1. The Bertz CT molecular complexity index is 388. The number of likely N-dealkylation sites (N-methyl/N-ethyl adjacent to an activating group) is 1. The summed E-state index contributed by atoms with van der Waals surface area (Å²) in [6.07, 6.45) is 3.80. The third-order valence-corrected chi connectivity index (χ3v) is 4.73. The van der Waals surface area contributed by atoms with Crippen LogP contribution < -0.4 is 5.32 Å². The highest BCUT2D eigenvalue weighted by atomic mass is 32.1. The highest BCUT2D eigenvalue weighted by molar-refractivity contribution is 7.12. The maximum Gasteiger partial charge on any atom is 0.236 e. The van der Waals surface area contributed by atoms with Crippen LogP contribution in [0.1, 0.15) is 35.6 Å². The first kappa shape index (κ1) is 13.6. The lowest BCUT2D eigenvalue weighted by atomic mass is 10.2. The van der Waals surface area contributed by atoms with Gasteiger partial charge in [-0.3, -0.25) is 4.79 Å². The molecule has 1 amide bonds. The molecule has 1 aromatic rings. The molecule has 1 heterocycles. The van der Waals surface area contributed by atoms with Crippen molar-refractivity contribution < 1.29 is 4.79 Å². The highest BCUT2D eigenvalue weighted by Gasteiger charge is 2.15. The van der Waals surface area contributed by atoms with Crippen molar-refractivity contribution >= 4 is 17.2 Å². The van der Waals surface area contributed by atoms with E-state index in [2.05, 4.69) is 11.4 Å². The van der Waals surface area contributed by atoms with E-state index in [1.165, 1.54) is 29.7 Å². The molecule has 1 aromatic heterocycles. The fraction of sp³-hybridized carbons (Fsp3) is 0.643. The van der Waals surface area contributed by atoms with E-state index in [4.69, 9.17) is 0 Å². The topological polar surface area (TPSA) is 32.3 Å². The molecule has 0 aromatic carbocycles. The van der Waals surface area contributed by atoms with Crippen LogP contribution in [-0.2, 0) is 24.2 Å². The van der Waals surface area contributed by atoms with Gasteiger partial charge in [0.05, 0.1) is 6.54 Å². The largest absolute Gasteiger partial charge is 0.342 e. The molecule has 18 heavy (non-hydrogen) atoms. The van der Waals surface area contributed by atoms with Crippen molar-refractivity contribution in [2.24, 2.45) is 0 Å². The number of nitrogens with zero attached hydrogens (tertiary/aromatic N) is 1. The molecule has 2 rings (SSSR count). The summed E-state index contributed by atoms with van der Waals surface area (Å²) in [6.45, 7) is 6.90. The van der Waals surface area contributed by atoms with Gasteiger partial charge < -0.3 is 10.2 Å². The van der Waals surface area contributed by atoms with Gasteiger partial charge in [-0.25, -0.2) is 0 Å². The van der Waals surface area contributed by atoms with Crippen molar-refractivity contribution in [1.29, 1.82) is 0 Å². The van der Waals surface area contributed by atoms with Crippen LogP contribution in [0.5, 0.6) is 0 Å². The number of thiophene rings is 1. The Hall–Kier alpha value is -0.870. The van der Waals surface area contributed by atoms with Crippen LogP contribution in [0.4, 0.5) is 0 Å². The molecule has 0 saturated heterocycles. The van der Waals surface area contributed by atoms with Gasteiger partial charge in [0, 0.05) is 29.4 Å². The standard InChI is InChI=1S/C14H22N2OS/c1-3-16(4-2)14(17)10-15-9-12-8-11-6-5-7-13(11)18-12/h8,15H,3-7,9-10H2,1-2H3. The molecule has 0 aliphatic heterocycles. The molecule has 0 unspecified atom stereocenters. The molecule has 0 saturated carbocycles. The average Bonchev–Trinajstić information content (AvgIpc) is 2.91. The van der Waals surface area contributed by atoms with Gasteiger partial charge in [-0.2, -0.15) is 0 Å². The minimum absolute atomic E-state index is 0.198. The van der Waals surface area contributed by atoms with Crippen LogP contribution in [0.25, 0.3) is 0 Å². The average molecular weight is 266 g/mol. The molecule has 4 heteroatoms. The van der Waals surface area contributed by atoms with Gasteiger partial charge in [0.25, 0.3) is 0 Å². The third kappa shape index (κ3) is 3.12. The quantitative estimate of drug-likeness (QED) is 0.856. The third-order valence-electron chi connectivity index (χ3n) is 3.49. The zero-order chi connectivity index (χ0) is 13.0. The van der Waals surface area contributed by atoms with E-state index in [1.807, 2.05) is 30.1 Å². The van der Waals surface area contributed by atoms with E-state index in [1.54, 1.807) is 4.88 Å². The number of carbonyl (C=O) groups excluding carboxylic acids is 1. The molecule has 3 nitrogen and oxygen atoms in total. The van der Waals surface area contributed by atoms with Crippen LogP contribution in [0.3, 0.4) is 0 Å². The Labute approximate surface area is 113 Å². The number of hydrogen-bond donors (Lipinski definition) is 1. The van der Waals surface area contributed by atoms with Crippen molar-refractivity contribution in [2.75, 3.05) is 19.6 Å². The van der Waals surface area contributed by atoms with Gasteiger partial charge in [0.2, 0.25) is 5.91 Å². The van der Waals surface area contributed by atoms with E-state index in [0.717, 1.165) is 19.6 Å². The first-order valence-corrected chi connectivity index (χ1v) is 7.65. The minimum Gasteiger partial charge on any atom is -0.342 e. The molecule has 0 radical (unpaired) electrons. The molecule has 0 atom stereocenters. The predicted molar refractivity (Wildman–Crippen MR) is 76.0 cm³/mol. The number of amides is 1. The summed E-state index contributed by atoms with van der Waals surface area (Å²) < 4.78 is 0. The van der Waals surface area contributed by atoms with Crippen LogP contribution in [-0.4, -0.2) is 30.4 Å². The Kier molecular flexibility index (Phi) is 4.78. The van der Waals surface area contributed by atoms with Crippen molar-refractivity contribution in [1.82, 2.24) is 10.2 Å². The lowest BCUT2D eigenvalue weighted by molar-refractivity contribution is -0.129. The number of nitrogens with one attached hydrogen (secondary N) is 1. The Morgan fingerprint density at radius 2 is 2.17 bits per heavy atom. The molecule has 100 valence electrons. The summed E-state index contributed by atoms with van der Waals surface area (Å²) >= 11 is 1.91. The van der Waals surface area contributed by atoms with Crippen molar-refractivity contribution in [3.8, 4) is 0 Å². The van der Waals surface area contributed by atoms with Crippen molar-refractivity contribution in [3.63, 3.8) is 0 Å². The summed E-state index contributed by atoms with van der Waals surface area (Å²) in [6, 6.07) is 2.31. The summed E-state index contributed by atoms with van der Waals surface area (Å²) in [5, 5.41) is 3.26. The zero-order valence-corrected chi connectivity index (χ0v) is 12.1. The Balaban J connectivity index is 1.76. The Morgan fingerprint density at radius 3 is 2.83 bits per heavy atom. The van der Waals surface area contributed by atoms with E-state index in [-0.39, 0.29) is 5.91 Å². The summed E-state index contributed by atoms with van der Waals surface area (Å²) in [7, 11) is 0. The van der Waals surface area contributed by atoms with Crippen LogP contribution in [0, 0.1) is 0 Å². The molecule has 1 aliphatic carbocycles. The number of aryl methyl sites for hydroxylation is 2. The van der Waals surface area contributed by atoms with Crippen LogP contribution >= 0.6 is 11.3 Å². The first-order chi connectivity index (χ1) is 8.74. The van der Waals surface area contributed by atoms with Crippen LogP contribution in [0.15, 0.2) is 6.07 Å². The second-order valence-corrected chi connectivity index (χ2v) is 5.91. The van der Waals surface area contributed by atoms with Gasteiger partial charge in [-0.15, -0.1) is 11.3 Å². The molecule has 1 N–H and O–H groups in total. The molecule has 0 fully saturated rings. The van der Waals surface area contributed by atoms with E-state index in [0.29, 0.717) is 6.54 Å². The molecular formula is C14H22N2OS. The molecule has 0 bridgehead atoms. The molecular weight excluding hydrogens is 244 g/mol. The predicted octanol–water partition coefficient (Wildman–Crippen LogP) is 2.19. The second-order valence-electron chi connectivity index (χ2n) is 4.68. The lowest BCUT2D eigenvalue weighted by Gasteiger charge is -2.18. The SMILES string of the molecule is CCN(CC)C(=O)CNCc1cc2c(s1)CCC2. The van der Waals surface area contributed by atoms with Crippen molar-refractivity contribution in [2.45, 2.75) is 39.7 Å². The maximum absolute atomic E-state index is 11.8. The van der Waals surface area contributed by atoms with Gasteiger partial charge in [0.1, 0.15) is 0 Å². The normalized spacial score (nSPS) is 13.7. The smallest absolute Gasteiger partial charge is 0.236 e. The van der Waals surface area contributed by atoms with Gasteiger partial charge >= 0.3 is 0 Å². The van der Waals surface area contributed by atoms with Gasteiger partial charge in [-0.1, -0.05) is 0 Å². The van der Waals surface area contributed by atoms with Crippen molar-refractivity contribution in [3.05, 3.63) is 21.4 Å². The Morgan fingerprint density at radius 1 is 1.39 bits per heavy atom. The van der Waals surface area contributed by atoms with Gasteiger partial charge in [-0.05, 0) is 44.7 Å². The molecule has 1 aliphatic rings. The zero-order valence-electron chi connectivity index (χ0n) is 11.3. The summed E-state index contributed by atoms with van der Waals surface area (Å²) in [4.78, 5) is 16.6. The van der Waals surface area contributed by atoms with E-state index >= 15 is 0 Å². The number of rotatable bonds is 6. The number of hydrogen-bond acceptors (Lipinski definition) is 3. The minimum atomic E-state index is 0.198. The highest BCUT2D eigenvalue weighted by Crippen LogP contribution is 2.30. The van der Waals surface area contributed by atoms with E-state index in [9.17, 15) is 4.79 Å². The lowest BCUT2D eigenvalue weighted by Crippen LogP contribution is -2.37. The maximum atomic E-state index is 11.8. The van der Waals surface area contributed by atoms with Crippen LogP contribution in [0.2, 0.25) is 0 Å². The summed E-state index contributed by atoms with van der Waals surface area (Å²) in [5.41, 5.74) is 1.53. The van der Waals surface area contributed by atoms with E-state index < -0.39 is 0 Å².